The predicted octanol–water partition coefficient (Wildman–Crippen LogP) is 0.810. The van der Waals surface area contributed by atoms with Crippen molar-refractivity contribution in [1.82, 2.24) is 5.32 Å². The Bertz CT molecular complexity index is 138. The summed E-state index contributed by atoms with van der Waals surface area (Å²) in [6, 6.07) is 0. The van der Waals surface area contributed by atoms with Gasteiger partial charge in [0.05, 0.1) is 5.84 Å². The molecule has 1 aliphatic heterocycles. The molecule has 1 aliphatic rings. The van der Waals surface area contributed by atoms with Crippen molar-refractivity contribution < 1.29 is 0 Å². The van der Waals surface area contributed by atoms with E-state index in [2.05, 4.69) is 16.9 Å². The molecule has 1 N–H and O–H groups in total. The highest BCUT2D eigenvalue weighted by Gasteiger charge is 2.07. The van der Waals surface area contributed by atoms with Crippen LogP contribution in [0.1, 0.15) is 6.92 Å². The number of nitrogens with zero attached hydrogens (tertiary/aromatic N) is 1. The molecule has 1 heterocycles. The summed E-state index contributed by atoms with van der Waals surface area (Å²) in [6.07, 6.45) is 1.95. The monoisotopic (exact) mass is 124 g/mol. The van der Waals surface area contributed by atoms with Gasteiger partial charge in [-0.2, -0.15) is 0 Å². The number of hydrogen-bond acceptors (Lipinski definition) is 2. The van der Waals surface area contributed by atoms with Gasteiger partial charge < -0.3 is 5.32 Å². The first-order valence-corrected chi connectivity index (χ1v) is 3.20. The van der Waals surface area contributed by atoms with Gasteiger partial charge in [-0.05, 0) is 6.92 Å². The van der Waals surface area contributed by atoms with E-state index >= 15 is 0 Å². The summed E-state index contributed by atoms with van der Waals surface area (Å²) in [4.78, 5) is 4.22. The minimum atomic E-state index is 0.536. The van der Waals surface area contributed by atoms with Gasteiger partial charge in [0.2, 0.25) is 0 Å². The number of amidine groups is 1. The summed E-state index contributed by atoms with van der Waals surface area (Å²) in [6.45, 7) is 7.59. The Morgan fingerprint density at radius 3 is 3.11 bits per heavy atom. The Labute approximate surface area is 55.7 Å². The molecule has 1 atom stereocenters. The molecular weight excluding hydrogens is 112 g/mol. The van der Waals surface area contributed by atoms with Crippen molar-refractivity contribution in [2.75, 3.05) is 13.1 Å². The first kappa shape index (κ1) is 6.33. The minimum absolute atomic E-state index is 0.536. The molecule has 0 saturated carbocycles. The molecule has 0 aromatic heterocycles. The van der Waals surface area contributed by atoms with Crippen molar-refractivity contribution in [3.8, 4) is 0 Å². The fraction of sp³-hybridized carbons (Fsp3) is 0.571. The van der Waals surface area contributed by atoms with E-state index in [1.54, 1.807) is 0 Å². The highest BCUT2D eigenvalue weighted by Crippen LogP contribution is 2.00. The molecule has 50 valence electrons. The predicted molar refractivity (Wildman–Crippen MR) is 39.7 cm³/mol. The molecule has 0 fully saturated rings. The van der Waals surface area contributed by atoms with E-state index in [1.807, 2.05) is 13.0 Å². The number of nitrogens with one attached hydrogen (secondary N) is 1. The van der Waals surface area contributed by atoms with Gasteiger partial charge in [-0.3, -0.25) is 4.99 Å². The summed E-state index contributed by atoms with van der Waals surface area (Å²) in [5.74, 6) is 1.58. The highest BCUT2D eigenvalue weighted by atomic mass is 15.0. The van der Waals surface area contributed by atoms with Crippen LogP contribution in [0.15, 0.2) is 17.6 Å². The topological polar surface area (TPSA) is 24.4 Å². The van der Waals surface area contributed by atoms with E-state index in [4.69, 9.17) is 0 Å². The van der Waals surface area contributed by atoms with Crippen LogP contribution in [-0.4, -0.2) is 18.9 Å². The Balaban J connectivity index is 2.45. The third kappa shape index (κ3) is 1.56. The van der Waals surface area contributed by atoms with E-state index < -0.39 is 0 Å². The molecule has 0 radical (unpaired) electrons. The van der Waals surface area contributed by atoms with E-state index in [1.165, 1.54) is 0 Å². The lowest BCUT2D eigenvalue weighted by Crippen LogP contribution is -2.32. The summed E-state index contributed by atoms with van der Waals surface area (Å²) in [7, 11) is 0. The van der Waals surface area contributed by atoms with Gasteiger partial charge in [-0.1, -0.05) is 6.08 Å². The van der Waals surface area contributed by atoms with Crippen LogP contribution < -0.4 is 5.32 Å². The summed E-state index contributed by atoms with van der Waals surface area (Å²) < 4.78 is 0. The summed E-state index contributed by atoms with van der Waals surface area (Å²) in [5, 5.41) is 3.16. The lowest BCUT2D eigenvalue weighted by Gasteiger charge is -2.17. The first-order valence-electron chi connectivity index (χ1n) is 3.20. The van der Waals surface area contributed by atoms with E-state index in [0.29, 0.717) is 5.92 Å². The molecule has 2 nitrogen and oxygen atoms in total. The van der Waals surface area contributed by atoms with Crippen LogP contribution in [0.2, 0.25) is 0 Å². The van der Waals surface area contributed by atoms with Crippen LogP contribution in [0.5, 0.6) is 0 Å². The molecule has 9 heavy (non-hydrogen) atoms. The molecule has 2 heteroatoms. The van der Waals surface area contributed by atoms with E-state index in [-0.39, 0.29) is 0 Å². The van der Waals surface area contributed by atoms with E-state index in [0.717, 1.165) is 18.9 Å². The molecule has 1 unspecified atom stereocenters. The number of hydrogen-bond donors (Lipinski definition) is 1. The van der Waals surface area contributed by atoms with Crippen molar-refractivity contribution in [2.45, 2.75) is 6.92 Å². The fourth-order valence-corrected chi connectivity index (χ4v) is 0.811. The fourth-order valence-electron chi connectivity index (χ4n) is 0.811. The maximum atomic E-state index is 4.22. The van der Waals surface area contributed by atoms with Gasteiger partial charge >= 0.3 is 0 Å². The number of rotatable bonds is 1. The largest absolute Gasteiger partial charge is 0.373 e. The Hall–Kier alpha value is -0.790. The number of aliphatic imine (C=N–C) groups is 1. The second-order valence-electron chi connectivity index (χ2n) is 2.30. The van der Waals surface area contributed by atoms with Crippen molar-refractivity contribution in [2.24, 2.45) is 10.9 Å². The van der Waals surface area contributed by atoms with Crippen molar-refractivity contribution in [3.63, 3.8) is 0 Å². The first-order chi connectivity index (χ1) is 4.33. The zero-order valence-electron chi connectivity index (χ0n) is 5.72. The van der Waals surface area contributed by atoms with Gasteiger partial charge in [-0.15, -0.1) is 6.58 Å². The average Bonchev–Trinajstić information content (AvgIpc) is 1.90. The summed E-state index contributed by atoms with van der Waals surface area (Å²) >= 11 is 0. The third-order valence-electron chi connectivity index (χ3n) is 1.52. The van der Waals surface area contributed by atoms with Gasteiger partial charge in [-0.25, -0.2) is 0 Å². The van der Waals surface area contributed by atoms with Crippen molar-refractivity contribution in [3.05, 3.63) is 12.7 Å². The van der Waals surface area contributed by atoms with Gasteiger partial charge in [0, 0.05) is 19.0 Å². The molecule has 0 aromatic carbocycles. The average molecular weight is 124 g/mol. The van der Waals surface area contributed by atoms with Crippen molar-refractivity contribution >= 4 is 5.84 Å². The molecule has 0 bridgehead atoms. The lowest BCUT2D eigenvalue weighted by atomic mass is 10.1. The minimum Gasteiger partial charge on any atom is -0.373 e. The Morgan fingerprint density at radius 2 is 2.67 bits per heavy atom. The van der Waals surface area contributed by atoms with Crippen LogP contribution >= 0.6 is 0 Å². The quantitative estimate of drug-likeness (QED) is 0.514. The molecule has 0 aliphatic carbocycles. The second-order valence-corrected chi connectivity index (χ2v) is 2.30. The van der Waals surface area contributed by atoms with Crippen LogP contribution in [0.3, 0.4) is 0 Å². The maximum absolute atomic E-state index is 4.22. The van der Waals surface area contributed by atoms with Crippen LogP contribution in [0.25, 0.3) is 0 Å². The molecule has 0 amide bonds. The SMILES string of the molecule is C=CC1CN=C(C)NC1. The van der Waals surface area contributed by atoms with E-state index in [9.17, 15) is 0 Å². The third-order valence-corrected chi connectivity index (χ3v) is 1.52. The zero-order valence-corrected chi connectivity index (χ0v) is 5.72. The molecular formula is C7H12N2. The van der Waals surface area contributed by atoms with Gasteiger partial charge in [0.15, 0.2) is 0 Å². The van der Waals surface area contributed by atoms with Crippen LogP contribution in [-0.2, 0) is 0 Å². The van der Waals surface area contributed by atoms with Crippen LogP contribution in [0, 0.1) is 5.92 Å². The van der Waals surface area contributed by atoms with Gasteiger partial charge in [0.25, 0.3) is 0 Å². The second kappa shape index (κ2) is 2.67. The molecule has 0 spiro atoms. The zero-order chi connectivity index (χ0) is 6.69. The molecule has 1 rings (SSSR count). The Morgan fingerprint density at radius 1 is 1.89 bits per heavy atom. The normalized spacial score (nSPS) is 26.3. The highest BCUT2D eigenvalue weighted by molar-refractivity contribution is 5.80. The Kier molecular flexibility index (Phi) is 1.88. The maximum Gasteiger partial charge on any atom is 0.0932 e. The standard InChI is InChI=1S/C7H12N2/c1-3-7-4-8-6(2)9-5-7/h3,7H,1,4-5H2,2H3,(H,8,9). The molecule has 0 saturated heterocycles. The summed E-state index contributed by atoms with van der Waals surface area (Å²) in [5.41, 5.74) is 0. The lowest BCUT2D eigenvalue weighted by molar-refractivity contribution is 0.608. The van der Waals surface area contributed by atoms with Crippen LogP contribution in [0.4, 0.5) is 0 Å². The van der Waals surface area contributed by atoms with Crippen molar-refractivity contribution in [1.29, 1.82) is 0 Å². The smallest absolute Gasteiger partial charge is 0.0932 e. The van der Waals surface area contributed by atoms with Gasteiger partial charge in [0.1, 0.15) is 0 Å². The molecule has 0 aromatic rings.